The van der Waals surface area contributed by atoms with Crippen LogP contribution in [0.15, 0.2) is 0 Å². The molecule has 0 saturated heterocycles. The summed E-state index contributed by atoms with van der Waals surface area (Å²) in [4.78, 5) is 4.74. The van der Waals surface area contributed by atoms with Gasteiger partial charge in [-0.2, -0.15) is 0 Å². The van der Waals surface area contributed by atoms with Crippen LogP contribution in [0.1, 0.15) is 27.2 Å². The van der Waals surface area contributed by atoms with Crippen molar-refractivity contribution in [3.8, 4) is 0 Å². The molecule has 0 fully saturated rings. The fourth-order valence-electron chi connectivity index (χ4n) is 1.40. The monoisotopic (exact) mass is 215 g/mol. The summed E-state index contributed by atoms with van der Waals surface area (Å²) < 4.78 is 0. The number of nitrogens with one attached hydrogen (secondary N) is 1. The predicted molar refractivity (Wildman–Crippen MR) is 68.4 cm³/mol. The van der Waals surface area contributed by atoms with Crippen LogP contribution in [0.4, 0.5) is 0 Å². The lowest BCUT2D eigenvalue weighted by atomic mass is 10.3. The Morgan fingerprint density at radius 2 is 1.60 bits per heavy atom. The topological polar surface area (TPSA) is 18.5 Å². The van der Waals surface area contributed by atoms with Gasteiger partial charge in [0.1, 0.15) is 0 Å². The lowest BCUT2D eigenvalue weighted by molar-refractivity contribution is 0.269. The van der Waals surface area contributed by atoms with Crippen LogP contribution in [0.2, 0.25) is 0 Å². The summed E-state index contributed by atoms with van der Waals surface area (Å²) in [5.41, 5.74) is 0. The van der Waals surface area contributed by atoms with Gasteiger partial charge in [0, 0.05) is 32.2 Å². The minimum atomic E-state index is 0.648. The minimum Gasteiger partial charge on any atom is -0.314 e. The first-order valence-electron chi connectivity index (χ1n) is 6.17. The molecule has 3 nitrogen and oxygen atoms in total. The van der Waals surface area contributed by atoms with Crippen LogP contribution in [0.25, 0.3) is 0 Å². The fraction of sp³-hybridized carbons (Fsp3) is 1.00. The van der Waals surface area contributed by atoms with E-state index < -0.39 is 0 Å². The van der Waals surface area contributed by atoms with Crippen LogP contribution >= 0.6 is 0 Å². The first-order valence-corrected chi connectivity index (χ1v) is 6.17. The van der Waals surface area contributed by atoms with Crippen LogP contribution in [0.3, 0.4) is 0 Å². The Kier molecular flexibility index (Phi) is 9.06. The summed E-state index contributed by atoms with van der Waals surface area (Å²) in [6.45, 7) is 12.4. The molecule has 0 rings (SSSR count). The van der Waals surface area contributed by atoms with Gasteiger partial charge in [-0.3, -0.25) is 0 Å². The van der Waals surface area contributed by atoms with E-state index in [2.05, 4.69) is 50.0 Å². The molecular weight excluding hydrogens is 186 g/mol. The largest absolute Gasteiger partial charge is 0.314 e. The maximum Gasteiger partial charge on any atom is 0.0106 e. The van der Waals surface area contributed by atoms with E-state index in [-0.39, 0.29) is 0 Å². The van der Waals surface area contributed by atoms with E-state index in [0.29, 0.717) is 6.04 Å². The molecule has 0 radical (unpaired) electrons. The number of nitrogens with zero attached hydrogens (tertiary/aromatic N) is 2. The summed E-state index contributed by atoms with van der Waals surface area (Å²) in [5.74, 6) is 0. The summed E-state index contributed by atoms with van der Waals surface area (Å²) in [7, 11) is 4.36. The van der Waals surface area contributed by atoms with Crippen molar-refractivity contribution in [2.75, 3.05) is 46.8 Å². The quantitative estimate of drug-likeness (QED) is 0.584. The van der Waals surface area contributed by atoms with Crippen molar-refractivity contribution < 1.29 is 0 Å². The highest BCUT2D eigenvalue weighted by atomic mass is 15.1. The minimum absolute atomic E-state index is 0.648. The first kappa shape index (κ1) is 14.9. The van der Waals surface area contributed by atoms with Gasteiger partial charge in [-0.1, -0.05) is 6.92 Å². The Bertz CT molecular complexity index is 137. The molecule has 0 aliphatic heterocycles. The van der Waals surface area contributed by atoms with Crippen LogP contribution < -0.4 is 5.32 Å². The van der Waals surface area contributed by atoms with Crippen LogP contribution in [-0.2, 0) is 0 Å². The second kappa shape index (κ2) is 9.13. The second-order valence-corrected chi connectivity index (χ2v) is 4.63. The van der Waals surface area contributed by atoms with Crippen molar-refractivity contribution in [1.29, 1.82) is 0 Å². The zero-order chi connectivity index (χ0) is 11.7. The smallest absolute Gasteiger partial charge is 0.0106 e. The molecule has 0 aromatic rings. The summed E-state index contributed by atoms with van der Waals surface area (Å²) in [6.07, 6.45) is 1.24. The molecule has 15 heavy (non-hydrogen) atoms. The average Bonchev–Trinajstić information content (AvgIpc) is 2.17. The zero-order valence-electron chi connectivity index (χ0n) is 11.2. The normalized spacial score (nSPS) is 12.0. The third-order valence-electron chi connectivity index (χ3n) is 2.80. The summed E-state index contributed by atoms with van der Waals surface area (Å²) in [5, 5.41) is 3.48. The van der Waals surface area contributed by atoms with Gasteiger partial charge in [-0.15, -0.1) is 0 Å². The molecule has 3 heteroatoms. The van der Waals surface area contributed by atoms with Gasteiger partial charge in [-0.05, 0) is 40.9 Å². The van der Waals surface area contributed by atoms with Crippen molar-refractivity contribution in [3.05, 3.63) is 0 Å². The molecule has 0 heterocycles. The fourth-order valence-corrected chi connectivity index (χ4v) is 1.40. The highest BCUT2D eigenvalue weighted by molar-refractivity contribution is 4.60. The number of rotatable bonds is 9. The standard InChI is InChI=1S/C12H29N3/c1-6-9-14(4)10-7-13-8-11-15(5)12(2)3/h12-13H,6-11H2,1-5H3. The molecule has 0 saturated carbocycles. The van der Waals surface area contributed by atoms with Gasteiger partial charge in [0.05, 0.1) is 0 Å². The highest BCUT2D eigenvalue weighted by Crippen LogP contribution is 1.90. The Labute approximate surface area is 95.8 Å². The van der Waals surface area contributed by atoms with Crippen molar-refractivity contribution >= 4 is 0 Å². The summed E-state index contributed by atoms with van der Waals surface area (Å²) in [6, 6.07) is 0.648. The van der Waals surface area contributed by atoms with Crippen LogP contribution in [0.5, 0.6) is 0 Å². The van der Waals surface area contributed by atoms with Gasteiger partial charge in [0.25, 0.3) is 0 Å². The molecule has 0 atom stereocenters. The second-order valence-electron chi connectivity index (χ2n) is 4.63. The molecule has 0 spiro atoms. The Hall–Kier alpha value is -0.120. The van der Waals surface area contributed by atoms with E-state index in [0.717, 1.165) is 26.2 Å². The van der Waals surface area contributed by atoms with E-state index >= 15 is 0 Å². The zero-order valence-corrected chi connectivity index (χ0v) is 11.2. The lowest BCUT2D eigenvalue weighted by Crippen LogP contribution is -2.36. The van der Waals surface area contributed by atoms with Crippen molar-refractivity contribution in [2.45, 2.75) is 33.2 Å². The molecule has 0 aliphatic rings. The first-order chi connectivity index (χ1) is 7.07. The molecular formula is C12H29N3. The molecule has 0 aliphatic carbocycles. The maximum absolute atomic E-state index is 3.48. The molecule has 0 aromatic carbocycles. The Morgan fingerprint density at radius 1 is 1.00 bits per heavy atom. The number of likely N-dealkylation sites (N-methyl/N-ethyl adjacent to an activating group) is 2. The van der Waals surface area contributed by atoms with Gasteiger partial charge in [-0.25, -0.2) is 0 Å². The van der Waals surface area contributed by atoms with E-state index in [1.165, 1.54) is 13.0 Å². The van der Waals surface area contributed by atoms with E-state index in [9.17, 15) is 0 Å². The molecule has 1 N–H and O–H groups in total. The Balaban J connectivity index is 3.24. The third kappa shape index (κ3) is 8.85. The molecule has 0 bridgehead atoms. The van der Waals surface area contributed by atoms with E-state index in [1.54, 1.807) is 0 Å². The number of hydrogen-bond donors (Lipinski definition) is 1. The Morgan fingerprint density at radius 3 is 2.13 bits per heavy atom. The molecule has 0 amide bonds. The maximum atomic E-state index is 3.48. The van der Waals surface area contributed by atoms with Gasteiger partial charge < -0.3 is 15.1 Å². The highest BCUT2D eigenvalue weighted by Gasteiger charge is 2.01. The average molecular weight is 215 g/mol. The molecule has 92 valence electrons. The lowest BCUT2D eigenvalue weighted by Gasteiger charge is -2.21. The van der Waals surface area contributed by atoms with Crippen molar-refractivity contribution in [3.63, 3.8) is 0 Å². The van der Waals surface area contributed by atoms with Crippen molar-refractivity contribution in [1.82, 2.24) is 15.1 Å². The van der Waals surface area contributed by atoms with Gasteiger partial charge in [0.15, 0.2) is 0 Å². The van der Waals surface area contributed by atoms with Crippen LogP contribution in [0, 0.1) is 0 Å². The van der Waals surface area contributed by atoms with Crippen molar-refractivity contribution in [2.24, 2.45) is 0 Å². The SMILES string of the molecule is CCCN(C)CCNCCN(C)C(C)C. The van der Waals surface area contributed by atoms with E-state index in [1.807, 2.05) is 0 Å². The molecule has 0 unspecified atom stereocenters. The number of hydrogen-bond acceptors (Lipinski definition) is 3. The third-order valence-corrected chi connectivity index (χ3v) is 2.80. The van der Waals surface area contributed by atoms with Gasteiger partial charge >= 0.3 is 0 Å². The predicted octanol–water partition coefficient (Wildman–Crippen LogP) is 1.26. The molecule has 0 aromatic heterocycles. The van der Waals surface area contributed by atoms with E-state index in [4.69, 9.17) is 0 Å². The summed E-state index contributed by atoms with van der Waals surface area (Å²) >= 11 is 0. The van der Waals surface area contributed by atoms with Crippen LogP contribution in [-0.4, -0.2) is 62.7 Å². The van der Waals surface area contributed by atoms with Gasteiger partial charge in [0.2, 0.25) is 0 Å².